The molecule has 0 aliphatic carbocycles. The molecule has 0 saturated carbocycles. The van der Waals surface area contributed by atoms with Crippen LogP contribution in [0.25, 0.3) is 0 Å². The lowest BCUT2D eigenvalue weighted by molar-refractivity contribution is 0.164. The van der Waals surface area contributed by atoms with Gasteiger partial charge in [0.2, 0.25) is 0 Å². The number of allylic oxidation sites excluding steroid dienone is 3. The zero-order chi connectivity index (χ0) is 18.6. The number of hydrogen-bond donors (Lipinski definition) is 0. The fraction of sp³-hybridized carbons (Fsp3) is 0.714. The number of hydrogen-bond acceptors (Lipinski definition) is 2. The molecule has 0 saturated heterocycles. The van der Waals surface area contributed by atoms with Crippen molar-refractivity contribution < 1.29 is 9.16 Å². The molecule has 0 aliphatic rings. The van der Waals surface area contributed by atoms with Gasteiger partial charge in [-0.15, -0.1) is 6.42 Å². The molecule has 2 nitrogen and oxygen atoms in total. The van der Waals surface area contributed by atoms with Crippen molar-refractivity contribution in [2.75, 3.05) is 19.8 Å². The molecule has 0 amide bonds. The minimum absolute atomic E-state index is 0.276. The van der Waals surface area contributed by atoms with Crippen LogP contribution >= 0.6 is 0 Å². The van der Waals surface area contributed by atoms with Crippen LogP contribution in [0.3, 0.4) is 0 Å². The Morgan fingerprint density at radius 2 is 1.71 bits per heavy atom. The van der Waals surface area contributed by atoms with Crippen molar-refractivity contribution in [3.05, 3.63) is 23.3 Å². The lowest BCUT2D eigenvalue weighted by atomic mass is 10.1. The van der Waals surface area contributed by atoms with E-state index in [1.807, 2.05) is 0 Å². The largest absolute Gasteiger partial charge is 0.413 e. The summed E-state index contributed by atoms with van der Waals surface area (Å²) < 4.78 is 11.5. The SMILES string of the molecule is C#CCOCCC/C(C)=C/CC/C(C)=C/CO[Si](C)(C)C(C)(C)C. The van der Waals surface area contributed by atoms with Gasteiger partial charge in [0, 0.05) is 6.61 Å². The smallest absolute Gasteiger partial charge is 0.192 e. The number of rotatable bonds is 11. The summed E-state index contributed by atoms with van der Waals surface area (Å²) in [6.45, 7) is 17.8. The van der Waals surface area contributed by atoms with E-state index in [-0.39, 0.29) is 5.04 Å². The van der Waals surface area contributed by atoms with Crippen molar-refractivity contribution in [3.8, 4) is 12.3 Å². The summed E-state index contributed by atoms with van der Waals surface area (Å²) in [5.74, 6) is 2.49. The van der Waals surface area contributed by atoms with E-state index in [9.17, 15) is 0 Å². The van der Waals surface area contributed by atoms with Gasteiger partial charge in [-0.1, -0.05) is 50.0 Å². The zero-order valence-corrected chi connectivity index (χ0v) is 18.0. The molecule has 24 heavy (non-hydrogen) atoms. The maximum absolute atomic E-state index is 6.20. The molecule has 0 aromatic heterocycles. The summed E-state index contributed by atoms with van der Waals surface area (Å²) in [7, 11) is -1.63. The van der Waals surface area contributed by atoms with Crippen LogP contribution in [0.15, 0.2) is 23.3 Å². The van der Waals surface area contributed by atoms with Gasteiger partial charge in [-0.25, -0.2) is 0 Å². The van der Waals surface area contributed by atoms with Crippen LogP contribution in [0.1, 0.15) is 60.3 Å². The van der Waals surface area contributed by atoms with Crippen LogP contribution in [0.2, 0.25) is 18.1 Å². The van der Waals surface area contributed by atoms with E-state index in [0.717, 1.165) is 38.9 Å². The van der Waals surface area contributed by atoms with E-state index in [4.69, 9.17) is 15.6 Å². The van der Waals surface area contributed by atoms with Gasteiger partial charge >= 0.3 is 0 Å². The van der Waals surface area contributed by atoms with Crippen LogP contribution < -0.4 is 0 Å². The first-order chi connectivity index (χ1) is 11.1. The van der Waals surface area contributed by atoms with Gasteiger partial charge in [0.25, 0.3) is 0 Å². The highest BCUT2D eigenvalue weighted by molar-refractivity contribution is 6.74. The minimum Gasteiger partial charge on any atom is -0.413 e. The number of terminal acetylenes is 1. The van der Waals surface area contributed by atoms with E-state index in [1.54, 1.807) is 0 Å². The highest BCUT2D eigenvalue weighted by Crippen LogP contribution is 2.36. The molecule has 0 unspecified atom stereocenters. The fourth-order valence-electron chi connectivity index (χ4n) is 1.94. The Morgan fingerprint density at radius 3 is 2.29 bits per heavy atom. The van der Waals surface area contributed by atoms with Gasteiger partial charge in [-0.3, -0.25) is 0 Å². The molecule has 0 spiro atoms. The van der Waals surface area contributed by atoms with Gasteiger partial charge in [-0.2, -0.15) is 0 Å². The maximum atomic E-state index is 6.20. The van der Waals surface area contributed by atoms with E-state index >= 15 is 0 Å². The third kappa shape index (κ3) is 10.9. The van der Waals surface area contributed by atoms with Gasteiger partial charge in [0.15, 0.2) is 8.32 Å². The average molecular weight is 351 g/mol. The Kier molecular flexibility index (Phi) is 11.3. The lowest BCUT2D eigenvalue weighted by Crippen LogP contribution is -2.40. The molecular formula is C21H38O2Si. The van der Waals surface area contributed by atoms with Crippen molar-refractivity contribution in [3.63, 3.8) is 0 Å². The lowest BCUT2D eigenvalue weighted by Gasteiger charge is -2.35. The molecule has 0 radical (unpaired) electrons. The third-order valence-electron chi connectivity index (χ3n) is 4.76. The van der Waals surface area contributed by atoms with Crippen LogP contribution in [-0.2, 0) is 9.16 Å². The molecule has 0 aromatic carbocycles. The van der Waals surface area contributed by atoms with E-state index in [2.05, 4.69) is 65.8 Å². The van der Waals surface area contributed by atoms with Gasteiger partial charge in [0.05, 0.1) is 6.61 Å². The molecule has 0 atom stereocenters. The molecule has 0 bridgehead atoms. The molecule has 0 aromatic rings. The summed E-state index contributed by atoms with van der Waals surface area (Å²) in [5.41, 5.74) is 2.85. The standard InChI is InChI=1S/C21H38O2Si/c1-9-16-22-17-11-14-19(2)12-10-13-20(3)15-18-23-24(7,8)21(4,5)6/h1,12,15H,10-11,13-14,16-18H2,2-8H3/b19-12+,20-15+. The highest BCUT2D eigenvalue weighted by atomic mass is 28.4. The van der Waals surface area contributed by atoms with Crippen molar-refractivity contribution in [2.45, 2.75) is 78.4 Å². The Labute approximate surface area is 151 Å². The third-order valence-corrected chi connectivity index (χ3v) is 9.26. The van der Waals surface area contributed by atoms with Crippen LogP contribution in [-0.4, -0.2) is 28.1 Å². The summed E-state index contributed by atoms with van der Waals surface area (Å²) in [6.07, 6.45) is 14.1. The second-order valence-corrected chi connectivity index (χ2v) is 12.9. The molecule has 3 heteroatoms. The average Bonchev–Trinajstić information content (AvgIpc) is 2.45. The first kappa shape index (κ1) is 23.2. The summed E-state index contributed by atoms with van der Waals surface area (Å²) in [6, 6.07) is 0. The van der Waals surface area contributed by atoms with Gasteiger partial charge in [-0.05, 0) is 57.7 Å². The molecular weight excluding hydrogens is 312 g/mol. The zero-order valence-electron chi connectivity index (χ0n) is 17.0. The molecule has 138 valence electrons. The molecule has 0 fully saturated rings. The Balaban J connectivity index is 4.01. The van der Waals surface area contributed by atoms with E-state index in [0.29, 0.717) is 6.61 Å². The maximum Gasteiger partial charge on any atom is 0.192 e. The highest BCUT2D eigenvalue weighted by Gasteiger charge is 2.36. The predicted octanol–water partition coefficient (Wildman–Crippen LogP) is 6.11. The van der Waals surface area contributed by atoms with E-state index in [1.165, 1.54) is 11.1 Å². The Morgan fingerprint density at radius 1 is 1.08 bits per heavy atom. The molecule has 0 heterocycles. The van der Waals surface area contributed by atoms with Crippen LogP contribution in [0.4, 0.5) is 0 Å². The second kappa shape index (κ2) is 11.7. The summed E-state index contributed by atoms with van der Waals surface area (Å²) in [4.78, 5) is 0. The topological polar surface area (TPSA) is 18.5 Å². The summed E-state index contributed by atoms with van der Waals surface area (Å²) in [5, 5.41) is 0.276. The van der Waals surface area contributed by atoms with Gasteiger partial charge < -0.3 is 9.16 Å². The van der Waals surface area contributed by atoms with E-state index < -0.39 is 8.32 Å². The van der Waals surface area contributed by atoms with Gasteiger partial charge in [0.1, 0.15) is 6.61 Å². The Bertz CT molecular complexity index is 447. The van der Waals surface area contributed by atoms with Crippen molar-refractivity contribution in [2.24, 2.45) is 0 Å². The number of ether oxygens (including phenoxy) is 1. The fourth-order valence-corrected chi connectivity index (χ4v) is 2.88. The normalized spacial score (nSPS) is 13.9. The predicted molar refractivity (Wildman–Crippen MR) is 109 cm³/mol. The van der Waals surface area contributed by atoms with Crippen LogP contribution in [0, 0.1) is 12.3 Å². The molecule has 0 N–H and O–H groups in total. The van der Waals surface area contributed by atoms with Crippen molar-refractivity contribution in [1.29, 1.82) is 0 Å². The monoisotopic (exact) mass is 350 g/mol. The van der Waals surface area contributed by atoms with Crippen LogP contribution in [0.5, 0.6) is 0 Å². The quantitative estimate of drug-likeness (QED) is 0.194. The van der Waals surface area contributed by atoms with Crippen molar-refractivity contribution in [1.82, 2.24) is 0 Å². The first-order valence-electron chi connectivity index (χ1n) is 9.06. The molecule has 0 aliphatic heterocycles. The first-order valence-corrected chi connectivity index (χ1v) is 12.0. The summed E-state index contributed by atoms with van der Waals surface area (Å²) >= 11 is 0. The minimum atomic E-state index is -1.63. The van der Waals surface area contributed by atoms with Crippen molar-refractivity contribution >= 4 is 8.32 Å². The Hall–Kier alpha value is -0.823. The second-order valence-electron chi connectivity index (χ2n) is 8.07. The molecule has 0 rings (SSSR count).